The van der Waals surface area contributed by atoms with E-state index in [2.05, 4.69) is 431 Å². The molecule has 4 nitrogen and oxygen atoms in total. The van der Waals surface area contributed by atoms with Gasteiger partial charge in [-0.2, -0.15) is 0 Å². The second-order valence-corrected chi connectivity index (χ2v) is 32.0. The topological polar surface area (TPSA) is 19.7 Å². The summed E-state index contributed by atoms with van der Waals surface area (Å²) in [5, 5.41) is 15.3. The minimum absolute atomic E-state index is 1.16. The quantitative estimate of drug-likeness (QED) is 0.130. The summed E-state index contributed by atoms with van der Waals surface area (Å²) < 4.78 is 14.9. The van der Waals surface area contributed by atoms with Crippen molar-refractivity contribution in [3.63, 3.8) is 0 Å². The van der Waals surface area contributed by atoms with Gasteiger partial charge in [0.25, 0.3) is 0 Å². The Kier molecular flexibility index (Phi) is 15.3. The van der Waals surface area contributed by atoms with Crippen LogP contribution in [0.5, 0.6) is 0 Å². The van der Waals surface area contributed by atoms with E-state index >= 15 is 0 Å². The molecule has 6 aromatic heterocycles. The van der Waals surface area contributed by atoms with E-state index in [1.807, 2.05) is 22.7 Å². The van der Waals surface area contributed by atoms with Crippen molar-refractivity contribution in [2.75, 3.05) is 0 Å². The Morgan fingerprint density at radius 1 is 0.140 bits per heavy atom. The van der Waals surface area contributed by atoms with Crippen LogP contribution < -0.4 is 0 Å². The highest BCUT2D eigenvalue weighted by molar-refractivity contribution is 7.26. The largest absolute Gasteiger partial charge is 0.309 e. The summed E-state index contributed by atoms with van der Waals surface area (Å²) in [7, 11) is 0. The molecular formula is C108H68N4S2. The van der Waals surface area contributed by atoms with Crippen LogP contribution in [0.1, 0.15) is 0 Å². The number of hydrogen-bond acceptors (Lipinski definition) is 2. The van der Waals surface area contributed by atoms with Crippen LogP contribution in [-0.2, 0) is 0 Å². The lowest BCUT2D eigenvalue weighted by molar-refractivity contribution is 1.18. The normalized spacial score (nSPS) is 11.9. The Balaban J connectivity index is 0.000000135. The summed E-state index contributed by atoms with van der Waals surface area (Å²) in [6, 6.07) is 151. The van der Waals surface area contributed by atoms with Gasteiger partial charge in [-0.05, 0) is 231 Å². The van der Waals surface area contributed by atoms with Gasteiger partial charge in [0.2, 0.25) is 0 Å². The van der Waals surface area contributed by atoms with Gasteiger partial charge in [0.15, 0.2) is 0 Å². The maximum absolute atomic E-state index is 2.42. The molecule has 24 rings (SSSR count). The second-order valence-electron chi connectivity index (χ2n) is 29.9. The first kappa shape index (κ1) is 65.5. The van der Waals surface area contributed by atoms with E-state index in [1.54, 1.807) is 0 Å². The summed E-state index contributed by atoms with van der Waals surface area (Å²) in [5.74, 6) is 0. The molecule has 0 saturated carbocycles. The number of fused-ring (bicyclic) bond motifs is 18. The monoisotopic (exact) mass is 1480 g/mol. The fourth-order valence-electron chi connectivity index (χ4n) is 18.1. The first-order chi connectivity index (χ1) is 56.5. The van der Waals surface area contributed by atoms with Crippen molar-refractivity contribution in [3.05, 3.63) is 413 Å². The van der Waals surface area contributed by atoms with Crippen LogP contribution in [0.2, 0.25) is 0 Å². The lowest BCUT2D eigenvalue weighted by Gasteiger charge is -2.10. The predicted octanol–water partition coefficient (Wildman–Crippen LogP) is 30.5. The Labute approximate surface area is 665 Å². The lowest BCUT2D eigenvalue weighted by Crippen LogP contribution is -1.94. The Morgan fingerprint density at radius 2 is 0.404 bits per heavy atom. The van der Waals surface area contributed by atoms with E-state index in [-0.39, 0.29) is 0 Å². The Bertz CT molecular complexity index is 7930. The molecule has 0 spiro atoms. The highest BCUT2D eigenvalue weighted by Crippen LogP contribution is 2.46. The highest BCUT2D eigenvalue weighted by Gasteiger charge is 2.22. The standard InChI is InChI=1S/2C54H34N2S/c1-3-12-35(13-4-1)36-22-27-41(28-23-36)56-48-19-9-7-16-43(48)45-32-37(24-29-49(45)56)38-25-30-50-46(33-38)47-34-39(26-31-51(47)55(50)40-14-5-2-6-15-40)42-18-11-21-53-54(42)44-17-8-10-20-52(44)57-53;1-3-11-35(12-4-1)36-19-25-42(26-20-36)56-49-17-9-7-15-43(49)45-31-37(21-27-50(45)56)38-22-28-51-46(32-38)47-33-39(23-29-52(47)55(51)41-13-5-2-6-14-41)40-24-30-54-48(34-40)44-16-8-10-18-53(44)57-54/h2*1-34H. The molecule has 6 heterocycles. The van der Waals surface area contributed by atoms with E-state index in [0.29, 0.717) is 0 Å². The van der Waals surface area contributed by atoms with Gasteiger partial charge >= 0.3 is 0 Å². The second kappa shape index (κ2) is 26.7. The van der Waals surface area contributed by atoms with Crippen molar-refractivity contribution in [1.29, 1.82) is 0 Å². The number of nitrogens with zero attached hydrogens (tertiary/aromatic N) is 4. The number of thiophene rings is 2. The average molecular weight is 1490 g/mol. The third-order valence-electron chi connectivity index (χ3n) is 23.5. The molecule has 0 aliphatic rings. The van der Waals surface area contributed by atoms with Crippen LogP contribution in [0.3, 0.4) is 0 Å². The van der Waals surface area contributed by atoms with Gasteiger partial charge in [0, 0.05) is 106 Å². The van der Waals surface area contributed by atoms with Crippen molar-refractivity contribution in [1.82, 2.24) is 18.3 Å². The molecule has 0 unspecified atom stereocenters. The number of para-hydroxylation sites is 4. The zero-order valence-electron chi connectivity index (χ0n) is 61.9. The summed E-state index contributed by atoms with van der Waals surface area (Å²) in [6.45, 7) is 0. The van der Waals surface area contributed by atoms with Crippen molar-refractivity contribution < 1.29 is 0 Å². The minimum atomic E-state index is 1.16. The summed E-state index contributed by atoms with van der Waals surface area (Å²) in [5.41, 5.74) is 29.0. The number of hydrogen-bond donors (Lipinski definition) is 0. The highest BCUT2D eigenvalue weighted by atomic mass is 32.1. The lowest BCUT2D eigenvalue weighted by atomic mass is 9.97. The fourth-order valence-corrected chi connectivity index (χ4v) is 20.3. The number of benzene rings is 18. The van der Waals surface area contributed by atoms with E-state index in [9.17, 15) is 0 Å². The molecule has 24 aromatic rings. The Hall–Kier alpha value is -14.4. The zero-order valence-corrected chi connectivity index (χ0v) is 63.5. The molecule has 0 aliphatic carbocycles. The summed E-state index contributed by atoms with van der Waals surface area (Å²) >= 11 is 3.74. The molecule has 0 atom stereocenters. The van der Waals surface area contributed by atoms with E-state index < -0.39 is 0 Å². The van der Waals surface area contributed by atoms with Crippen molar-refractivity contribution in [3.8, 4) is 89.5 Å². The molecular weight excluding hydrogens is 1420 g/mol. The van der Waals surface area contributed by atoms with E-state index in [1.165, 1.54) is 194 Å². The molecule has 0 radical (unpaired) electrons. The molecule has 114 heavy (non-hydrogen) atoms. The van der Waals surface area contributed by atoms with Crippen LogP contribution in [0.15, 0.2) is 413 Å². The smallest absolute Gasteiger partial charge is 0.0541 e. The zero-order chi connectivity index (χ0) is 74.9. The van der Waals surface area contributed by atoms with Crippen molar-refractivity contribution >= 4 is 150 Å². The molecule has 0 fully saturated rings. The van der Waals surface area contributed by atoms with E-state index in [0.717, 1.165) is 22.7 Å². The third kappa shape index (κ3) is 10.8. The van der Waals surface area contributed by atoms with Crippen LogP contribution in [-0.4, -0.2) is 18.3 Å². The van der Waals surface area contributed by atoms with Gasteiger partial charge < -0.3 is 18.3 Å². The fraction of sp³-hybridized carbons (Fsp3) is 0. The number of rotatable bonds is 10. The molecule has 18 aromatic carbocycles. The van der Waals surface area contributed by atoms with Crippen LogP contribution in [0.25, 0.3) is 217 Å². The molecule has 0 aliphatic heterocycles. The number of aromatic nitrogens is 4. The summed E-state index contributed by atoms with van der Waals surface area (Å²) in [6.07, 6.45) is 0. The van der Waals surface area contributed by atoms with Gasteiger partial charge in [-0.1, -0.05) is 249 Å². The predicted molar refractivity (Wildman–Crippen MR) is 489 cm³/mol. The minimum Gasteiger partial charge on any atom is -0.309 e. The van der Waals surface area contributed by atoms with Gasteiger partial charge in [0.1, 0.15) is 0 Å². The molecule has 0 amide bonds. The molecule has 532 valence electrons. The molecule has 6 heteroatoms. The van der Waals surface area contributed by atoms with Gasteiger partial charge in [-0.15, -0.1) is 22.7 Å². The maximum Gasteiger partial charge on any atom is 0.0541 e. The van der Waals surface area contributed by atoms with Crippen LogP contribution >= 0.6 is 22.7 Å². The maximum atomic E-state index is 2.42. The molecule has 0 N–H and O–H groups in total. The van der Waals surface area contributed by atoms with Gasteiger partial charge in [-0.25, -0.2) is 0 Å². The SMILES string of the molecule is c1ccc(-c2ccc(-n3c4ccccc4c4cc(-c5ccc6c(c5)c5cc(-c7ccc8sc9ccccc9c8c7)ccc5n6-c5ccccc5)ccc43)cc2)cc1.c1ccc(-c2ccc(-n3c4ccccc4c4cc(-c5ccc6c(c5)c5cc(-c7cccc8sc9ccccc9c78)ccc5n6-c5ccccc5)ccc43)cc2)cc1. The van der Waals surface area contributed by atoms with Gasteiger partial charge in [-0.3, -0.25) is 0 Å². The molecule has 0 saturated heterocycles. The van der Waals surface area contributed by atoms with Crippen LogP contribution in [0, 0.1) is 0 Å². The third-order valence-corrected chi connectivity index (χ3v) is 25.7. The Morgan fingerprint density at radius 3 is 0.833 bits per heavy atom. The average Bonchev–Trinajstić information content (AvgIpc) is 1.56. The van der Waals surface area contributed by atoms with Gasteiger partial charge in [0.05, 0.1) is 44.1 Å². The summed E-state index contributed by atoms with van der Waals surface area (Å²) in [4.78, 5) is 0. The first-order valence-corrected chi connectivity index (χ1v) is 40.6. The van der Waals surface area contributed by atoms with E-state index in [4.69, 9.17) is 0 Å². The van der Waals surface area contributed by atoms with Crippen molar-refractivity contribution in [2.45, 2.75) is 0 Å². The molecule has 0 bridgehead atoms. The van der Waals surface area contributed by atoms with Crippen molar-refractivity contribution in [2.24, 2.45) is 0 Å². The van der Waals surface area contributed by atoms with Crippen LogP contribution in [0.4, 0.5) is 0 Å². The first-order valence-electron chi connectivity index (χ1n) is 39.0.